The van der Waals surface area contributed by atoms with Gasteiger partial charge < -0.3 is 16.4 Å². The average molecular weight is 307 g/mol. The lowest BCUT2D eigenvalue weighted by Gasteiger charge is -2.32. The van der Waals surface area contributed by atoms with Crippen LogP contribution in [0.25, 0.3) is 0 Å². The number of rotatable bonds is 2. The van der Waals surface area contributed by atoms with E-state index in [-0.39, 0.29) is 24.9 Å². The fourth-order valence-electron chi connectivity index (χ4n) is 2.87. The zero-order valence-electron chi connectivity index (χ0n) is 11.6. The van der Waals surface area contributed by atoms with E-state index >= 15 is 0 Å². The number of nitrogens with two attached hydrogens (primary N) is 1. The third-order valence-electron chi connectivity index (χ3n) is 4.21. The first-order valence-corrected chi connectivity index (χ1v) is 7.20. The Morgan fingerprint density at radius 2 is 1.76 bits per heavy atom. The van der Waals surface area contributed by atoms with Crippen molar-refractivity contribution in [2.24, 2.45) is 11.7 Å². The van der Waals surface area contributed by atoms with E-state index in [0.717, 1.165) is 25.7 Å². The number of amides is 2. The number of nitrogens with one attached hydrogen (secondary N) is 2. The fraction of sp³-hybridized carbons (Fsp3) is 0.846. The van der Waals surface area contributed by atoms with Gasteiger partial charge in [0.05, 0.1) is 0 Å². The second kappa shape index (κ2) is 6.21. The molecular weight excluding hydrogens is 287 g/mol. The quantitative estimate of drug-likeness (QED) is 0.661. The molecule has 2 rings (SSSR count). The van der Waals surface area contributed by atoms with E-state index in [1.165, 1.54) is 0 Å². The van der Waals surface area contributed by atoms with E-state index in [9.17, 15) is 22.8 Å². The zero-order chi connectivity index (χ0) is 15.6. The second-order valence-electron chi connectivity index (χ2n) is 5.85. The number of hydrogen-bond donors (Lipinski definition) is 3. The maximum Gasteiger partial charge on any atom is 0.408 e. The summed E-state index contributed by atoms with van der Waals surface area (Å²) in [7, 11) is 0. The van der Waals surface area contributed by atoms with Crippen LogP contribution in [0.1, 0.15) is 38.5 Å². The molecule has 2 amide bonds. The molecule has 1 aliphatic carbocycles. The molecule has 21 heavy (non-hydrogen) atoms. The highest BCUT2D eigenvalue weighted by Gasteiger charge is 2.46. The molecule has 1 heterocycles. The molecule has 2 atom stereocenters. The van der Waals surface area contributed by atoms with Crippen molar-refractivity contribution >= 4 is 11.8 Å². The Balaban J connectivity index is 1.85. The van der Waals surface area contributed by atoms with Crippen molar-refractivity contribution in [3.05, 3.63) is 0 Å². The number of carbonyl (C=O) groups excluding carboxylic acids is 2. The molecule has 4 N–H and O–H groups in total. The van der Waals surface area contributed by atoms with Gasteiger partial charge in [-0.25, -0.2) is 0 Å². The average Bonchev–Trinajstić information content (AvgIpc) is 2.40. The SMILES string of the molecule is NC1CCC(NC(=O)C2CCC(C(F)(F)F)NC2=O)CC1. The van der Waals surface area contributed by atoms with Crippen LogP contribution in [0.15, 0.2) is 0 Å². The molecule has 120 valence electrons. The Hall–Kier alpha value is -1.31. The number of alkyl halides is 3. The predicted molar refractivity (Wildman–Crippen MR) is 69.1 cm³/mol. The first-order chi connectivity index (χ1) is 9.77. The summed E-state index contributed by atoms with van der Waals surface area (Å²) in [6.45, 7) is 0. The van der Waals surface area contributed by atoms with Gasteiger partial charge in [-0.05, 0) is 38.5 Å². The summed E-state index contributed by atoms with van der Waals surface area (Å²) in [5.74, 6) is -2.35. The molecule has 0 radical (unpaired) electrons. The van der Waals surface area contributed by atoms with E-state index in [1.54, 1.807) is 0 Å². The molecule has 1 saturated carbocycles. The first kappa shape index (κ1) is 16.1. The lowest BCUT2D eigenvalue weighted by Crippen LogP contribution is -2.55. The minimum Gasteiger partial charge on any atom is -0.353 e. The Labute approximate surface area is 120 Å². The number of hydrogen-bond acceptors (Lipinski definition) is 3. The van der Waals surface area contributed by atoms with Crippen molar-refractivity contribution in [1.29, 1.82) is 0 Å². The molecule has 2 fully saturated rings. The van der Waals surface area contributed by atoms with E-state index < -0.39 is 30.0 Å². The summed E-state index contributed by atoms with van der Waals surface area (Å²) in [5, 5.41) is 4.64. The van der Waals surface area contributed by atoms with Gasteiger partial charge in [-0.15, -0.1) is 0 Å². The van der Waals surface area contributed by atoms with E-state index in [1.807, 2.05) is 5.32 Å². The summed E-state index contributed by atoms with van der Waals surface area (Å²) in [6.07, 6.45) is -1.71. The Morgan fingerprint density at radius 3 is 2.29 bits per heavy atom. The Bertz CT molecular complexity index is 406. The lowest BCUT2D eigenvalue weighted by molar-refractivity contribution is -0.171. The molecule has 0 aromatic heterocycles. The molecule has 2 unspecified atom stereocenters. The molecule has 1 aliphatic heterocycles. The summed E-state index contributed by atoms with van der Waals surface area (Å²) in [6, 6.07) is -1.74. The molecule has 0 aromatic carbocycles. The number of halogens is 3. The zero-order valence-corrected chi connectivity index (χ0v) is 11.6. The molecule has 5 nitrogen and oxygen atoms in total. The van der Waals surface area contributed by atoms with Gasteiger partial charge in [0.1, 0.15) is 12.0 Å². The van der Waals surface area contributed by atoms with Crippen molar-refractivity contribution in [2.45, 2.75) is 62.8 Å². The monoisotopic (exact) mass is 307 g/mol. The number of carbonyl (C=O) groups is 2. The van der Waals surface area contributed by atoms with Gasteiger partial charge in [0.15, 0.2) is 0 Å². The van der Waals surface area contributed by atoms with Crippen LogP contribution in [0.2, 0.25) is 0 Å². The summed E-state index contributed by atoms with van der Waals surface area (Å²) in [5.41, 5.74) is 5.77. The van der Waals surface area contributed by atoms with Crippen LogP contribution >= 0.6 is 0 Å². The van der Waals surface area contributed by atoms with Crippen LogP contribution in [-0.4, -0.2) is 36.1 Å². The topological polar surface area (TPSA) is 84.2 Å². The highest BCUT2D eigenvalue weighted by molar-refractivity contribution is 6.01. The summed E-state index contributed by atoms with van der Waals surface area (Å²) in [4.78, 5) is 23.7. The van der Waals surface area contributed by atoms with Crippen molar-refractivity contribution in [2.75, 3.05) is 0 Å². The maximum atomic E-state index is 12.5. The van der Waals surface area contributed by atoms with Gasteiger partial charge in [0.2, 0.25) is 11.8 Å². The van der Waals surface area contributed by atoms with Gasteiger partial charge >= 0.3 is 6.18 Å². The van der Waals surface area contributed by atoms with Gasteiger partial charge in [0.25, 0.3) is 0 Å². The third kappa shape index (κ3) is 4.09. The van der Waals surface area contributed by atoms with Crippen molar-refractivity contribution < 1.29 is 22.8 Å². The van der Waals surface area contributed by atoms with Crippen LogP contribution in [0.5, 0.6) is 0 Å². The molecule has 8 heteroatoms. The predicted octanol–water partition coefficient (Wildman–Crippen LogP) is 0.830. The van der Waals surface area contributed by atoms with Crippen molar-refractivity contribution in [3.8, 4) is 0 Å². The first-order valence-electron chi connectivity index (χ1n) is 7.20. The molecule has 0 aromatic rings. The molecular formula is C13H20F3N3O2. The van der Waals surface area contributed by atoms with Crippen molar-refractivity contribution in [3.63, 3.8) is 0 Å². The maximum absolute atomic E-state index is 12.5. The van der Waals surface area contributed by atoms with Gasteiger partial charge in [-0.2, -0.15) is 13.2 Å². The van der Waals surface area contributed by atoms with E-state index in [0.29, 0.717) is 0 Å². The van der Waals surface area contributed by atoms with Crippen LogP contribution in [-0.2, 0) is 9.59 Å². The minimum absolute atomic E-state index is 0.0366. The summed E-state index contributed by atoms with van der Waals surface area (Å²) >= 11 is 0. The van der Waals surface area contributed by atoms with E-state index in [2.05, 4.69) is 5.32 Å². The number of piperidine rings is 1. The van der Waals surface area contributed by atoms with Crippen LogP contribution in [0.4, 0.5) is 13.2 Å². The molecule has 0 spiro atoms. The summed E-state index contributed by atoms with van der Waals surface area (Å²) < 4.78 is 37.6. The van der Waals surface area contributed by atoms with E-state index in [4.69, 9.17) is 5.73 Å². The lowest BCUT2D eigenvalue weighted by atomic mass is 9.89. The minimum atomic E-state index is -4.46. The normalized spacial score (nSPS) is 34.2. The second-order valence-corrected chi connectivity index (χ2v) is 5.85. The molecule has 1 saturated heterocycles. The van der Waals surface area contributed by atoms with Gasteiger partial charge in [-0.1, -0.05) is 0 Å². The molecule has 2 aliphatic rings. The van der Waals surface area contributed by atoms with Gasteiger partial charge in [-0.3, -0.25) is 9.59 Å². The highest BCUT2D eigenvalue weighted by Crippen LogP contribution is 2.28. The highest BCUT2D eigenvalue weighted by atomic mass is 19.4. The third-order valence-corrected chi connectivity index (χ3v) is 4.21. The fourth-order valence-corrected chi connectivity index (χ4v) is 2.87. The Kier molecular flexibility index (Phi) is 4.75. The van der Waals surface area contributed by atoms with Crippen LogP contribution in [0.3, 0.4) is 0 Å². The van der Waals surface area contributed by atoms with Crippen LogP contribution in [0, 0.1) is 5.92 Å². The smallest absolute Gasteiger partial charge is 0.353 e. The van der Waals surface area contributed by atoms with Crippen LogP contribution < -0.4 is 16.4 Å². The van der Waals surface area contributed by atoms with Gasteiger partial charge in [0, 0.05) is 12.1 Å². The van der Waals surface area contributed by atoms with Crippen molar-refractivity contribution in [1.82, 2.24) is 10.6 Å². The Morgan fingerprint density at radius 1 is 1.14 bits per heavy atom. The molecule has 0 bridgehead atoms. The standard InChI is InChI=1S/C13H20F3N3O2/c14-13(15,16)10-6-5-9(12(21)19-10)11(20)18-8-3-1-7(17)2-4-8/h7-10H,1-6,17H2,(H,18,20)(H,19,21). The largest absolute Gasteiger partial charge is 0.408 e.